The van der Waals surface area contributed by atoms with E-state index in [1.165, 1.54) is 0 Å². The summed E-state index contributed by atoms with van der Waals surface area (Å²) in [6, 6.07) is 7.65. The summed E-state index contributed by atoms with van der Waals surface area (Å²) in [4.78, 5) is 15.0. The van der Waals surface area contributed by atoms with Crippen LogP contribution in [0.1, 0.15) is 20.3 Å². The molecule has 3 rings (SSSR count). The lowest BCUT2D eigenvalue weighted by molar-refractivity contribution is -0.119. The molecule has 1 atom stereocenters. The van der Waals surface area contributed by atoms with Crippen molar-refractivity contribution >= 4 is 11.6 Å². The Morgan fingerprint density at radius 2 is 2.22 bits per heavy atom. The van der Waals surface area contributed by atoms with Crippen molar-refractivity contribution in [2.45, 2.75) is 20.3 Å². The third kappa shape index (κ3) is 3.76. The van der Waals surface area contributed by atoms with Crippen LogP contribution in [0.5, 0.6) is 0 Å². The van der Waals surface area contributed by atoms with Gasteiger partial charge in [-0.25, -0.2) is 4.68 Å². The van der Waals surface area contributed by atoms with Gasteiger partial charge in [-0.1, -0.05) is 31.2 Å². The molecule has 2 aromatic rings. The third-order valence-corrected chi connectivity index (χ3v) is 4.10. The molecule has 1 amide bonds. The predicted octanol–water partition coefficient (Wildman–Crippen LogP) is 2.18. The van der Waals surface area contributed by atoms with Crippen LogP contribution in [0.4, 0.5) is 5.69 Å². The molecule has 6 nitrogen and oxygen atoms in total. The molecular formula is C17H23N5O. The van der Waals surface area contributed by atoms with Crippen LogP contribution < -0.4 is 5.32 Å². The lowest BCUT2D eigenvalue weighted by atomic mass is 10.1. The van der Waals surface area contributed by atoms with Gasteiger partial charge < -0.3 is 10.2 Å². The van der Waals surface area contributed by atoms with Gasteiger partial charge in [-0.05, 0) is 31.0 Å². The van der Waals surface area contributed by atoms with Crippen LogP contribution in [0.15, 0.2) is 36.7 Å². The molecule has 1 aromatic carbocycles. The Hall–Kier alpha value is -2.21. The highest BCUT2D eigenvalue weighted by Gasteiger charge is 2.28. The van der Waals surface area contributed by atoms with Crippen molar-refractivity contribution in [1.82, 2.24) is 19.9 Å². The van der Waals surface area contributed by atoms with Gasteiger partial charge in [-0.2, -0.15) is 0 Å². The normalized spacial score (nSPS) is 18.5. The Morgan fingerprint density at radius 3 is 2.96 bits per heavy atom. The van der Waals surface area contributed by atoms with E-state index in [-0.39, 0.29) is 11.8 Å². The minimum Gasteiger partial charge on any atom is -0.324 e. The smallest absolute Gasteiger partial charge is 0.228 e. The number of aromatic nitrogens is 3. The fourth-order valence-corrected chi connectivity index (χ4v) is 3.08. The summed E-state index contributed by atoms with van der Waals surface area (Å²) >= 11 is 0. The quantitative estimate of drug-likeness (QED) is 0.919. The van der Waals surface area contributed by atoms with Gasteiger partial charge in [0.25, 0.3) is 0 Å². The van der Waals surface area contributed by atoms with Gasteiger partial charge in [0.1, 0.15) is 0 Å². The third-order valence-electron chi connectivity index (χ3n) is 4.10. The molecule has 1 aliphatic rings. The van der Waals surface area contributed by atoms with Crippen molar-refractivity contribution < 1.29 is 4.79 Å². The lowest BCUT2D eigenvalue weighted by Gasteiger charge is -2.18. The topological polar surface area (TPSA) is 63.1 Å². The molecule has 1 saturated heterocycles. The molecule has 0 spiro atoms. The fourth-order valence-electron chi connectivity index (χ4n) is 3.08. The molecule has 0 radical (unpaired) electrons. The molecule has 0 unspecified atom stereocenters. The van der Waals surface area contributed by atoms with Crippen molar-refractivity contribution in [3.05, 3.63) is 36.7 Å². The Balaban J connectivity index is 1.67. The number of nitrogens with one attached hydrogen (secondary N) is 1. The lowest BCUT2D eigenvalue weighted by Crippen LogP contribution is -2.29. The molecule has 1 aromatic heterocycles. The Labute approximate surface area is 136 Å². The van der Waals surface area contributed by atoms with Crippen molar-refractivity contribution in [3.63, 3.8) is 0 Å². The standard InChI is InChI=1S/C17H23N5O/c1-13(2)11-21-9-7-14(12-21)17(23)19-15-5-3-4-6-16(15)22-10-8-18-20-22/h3-6,8,10,13-14H,7,9,11-12H2,1-2H3,(H,19,23)/t14-/m0/s1. The summed E-state index contributed by atoms with van der Waals surface area (Å²) in [5, 5.41) is 10.9. The molecule has 1 fully saturated rings. The fraction of sp³-hybridized carbons (Fsp3) is 0.471. The first-order valence-electron chi connectivity index (χ1n) is 8.12. The highest BCUT2D eigenvalue weighted by atomic mass is 16.2. The van der Waals surface area contributed by atoms with E-state index in [1.54, 1.807) is 17.1 Å². The second-order valence-corrected chi connectivity index (χ2v) is 6.49. The highest BCUT2D eigenvalue weighted by molar-refractivity contribution is 5.94. The van der Waals surface area contributed by atoms with Crippen LogP contribution in [0.3, 0.4) is 0 Å². The van der Waals surface area contributed by atoms with E-state index in [0.29, 0.717) is 5.92 Å². The Morgan fingerprint density at radius 1 is 1.39 bits per heavy atom. The van der Waals surface area contributed by atoms with Gasteiger partial charge in [-0.3, -0.25) is 4.79 Å². The molecular weight excluding hydrogens is 290 g/mol. The number of hydrogen-bond acceptors (Lipinski definition) is 4. The van der Waals surface area contributed by atoms with Crippen molar-refractivity contribution in [3.8, 4) is 5.69 Å². The number of carbonyl (C=O) groups excluding carboxylic acids is 1. The van der Waals surface area contributed by atoms with Crippen LogP contribution >= 0.6 is 0 Å². The minimum atomic E-state index is 0.0533. The SMILES string of the molecule is CC(C)CN1CC[C@H](C(=O)Nc2ccccc2-n2ccnn2)C1. The monoisotopic (exact) mass is 313 g/mol. The van der Waals surface area contributed by atoms with E-state index in [2.05, 4.69) is 34.4 Å². The number of hydrogen-bond donors (Lipinski definition) is 1. The average molecular weight is 313 g/mol. The summed E-state index contributed by atoms with van der Waals surface area (Å²) in [6.45, 7) is 7.32. The van der Waals surface area contributed by atoms with Crippen LogP contribution in [-0.2, 0) is 4.79 Å². The number of carbonyl (C=O) groups is 1. The largest absolute Gasteiger partial charge is 0.324 e. The Bertz CT molecular complexity index is 653. The molecule has 1 aliphatic heterocycles. The van der Waals surface area contributed by atoms with Gasteiger partial charge in [-0.15, -0.1) is 5.10 Å². The van der Waals surface area contributed by atoms with Crippen LogP contribution in [-0.4, -0.2) is 45.4 Å². The zero-order valence-corrected chi connectivity index (χ0v) is 13.6. The molecule has 23 heavy (non-hydrogen) atoms. The maximum atomic E-state index is 12.6. The molecule has 6 heteroatoms. The van der Waals surface area contributed by atoms with Crippen molar-refractivity contribution in [1.29, 1.82) is 0 Å². The molecule has 0 aliphatic carbocycles. The first kappa shape index (κ1) is 15.7. The average Bonchev–Trinajstić information content (AvgIpc) is 3.18. The highest BCUT2D eigenvalue weighted by Crippen LogP contribution is 2.23. The van der Waals surface area contributed by atoms with Gasteiger partial charge in [0.05, 0.1) is 29.7 Å². The minimum absolute atomic E-state index is 0.0533. The van der Waals surface area contributed by atoms with E-state index in [0.717, 1.165) is 37.4 Å². The van der Waals surface area contributed by atoms with E-state index < -0.39 is 0 Å². The maximum absolute atomic E-state index is 12.6. The molecule has 1 N–H and O–H groups in total. The number of para-hydroxylation sites is 2. The number of rotatable bonds is 5. The van der Waals surface area contributed by atoms with Crippen molar-refractivity contribution in [2.24, 2.45) is 11.8 Å². The summed E-state index contributed by atoms with van der Waals surface area (Å²) in [7, 11) is 0. The first-order valence-corrected chi connectivity index (χ1v) is 8.12. The molecule has 0 saturated carbocycles. The maximum Gasteiger partial charge on any atom is 0.228 e. The van der Waals surface area contributed by atoms with Gasteiger partial charge in [0, 0.05) is 13.1 Å². The van der Waals surface area contributed by atoms with Crippen molar-refractivity contribution in [2.75, 3.05) is 25.0 Å². The van der Waals surface area contributed by atoms with Crippen LogP contribution in [0.25, 0.3) is 5.69 Å². The van der Waals surface area contributed by atoms with Crippen LogP contribution in [0, 0.1) is 11.8 Å². The number of anilines is 1. The second kappa shape index (κ2) is 6.91. The summed E-state index contributed by atoms with van der Waals surface area (Å²) < 4.78 is 1.66. The summed E-state index contributed by atoms with van der Waals surface area (Å²) in [5.74, 6) is 0.770. The van der Waals surface area contributed by atoms with E-state index in [9.17, 15) is 4.79 Å². The van der Waals surface area contributed by atoms with Crippen LogP contribution in [0.2, 0.25) is 0 Å². The zero-order chi connectivity index (χ0) is 16.2. The summed E-state index contributed by atoms with van der Waals surface area (Å²) in [5.41, 5.74) is 1.60. The number of amides is 1. The number of benzene rings is 1. The molecule has 122 valence electrons. The zero-order valence-electron chi connectivity index (χ0n) is 13.6. The summed E-state index contributed by atoms with van der Waals surface area (Å²) in [6.07, 6.45) is 4.31. The molecule has 2 heterocycles. The number of likely N-dealkylation sites (tertiary alicyclic amines) is 1. The first-order chi connectivity index (χ1) is 11.1. The van der Waals surface area contributed by atoms with E-state index in [1.807, 2.05) is 24.3 Å². The van der Waals surface area contributed by atoms with Gasteiger partial charge in [0.2, 0.25) is 5.91 Å². The van der Waals surface area contributed by atoms with E-state index in [4.69, 9.17) is 0 Å². The predicted molar refractivity (Wildman–Crippen MR) is 89.4 cm³/mol. The van der Waals surface area contributed by atoms with Gasteiger partial charge >= 0.3 is 0 Å². The number of nitrogens with zero attached hydrogens (tertiary/aromatic N) is 4. The molecule has 0 bridgehead atoms. The van der Waals surface area contributed by atoms with Gasteiger partial charge in [0.15, 0.2) is 0 Å². The Kier molecular flexibility index (Phi) is 4.71. The second-order valence-electron chi connectivity index (χ2n) is 6.49. The van der Waals surface area contributed by atoms with E-state index >= 15 is 0 Å².